The lowest BCUT2D eigenvalue weighted by Gasteiger charge is -2.25. The van der Waals surface area contributed by atoms with Gasteiger partial charge in [-0.15, -0.1) is 0 Å². The first-order chi connectivity index (χ1) is 15.2. The van der Waals surface area contributed by atoms with Crippen LogP contribution in [0.15, 0.2) is 36.4 Å². The van der Waals surface area contributed by atoms with Crippen LogP contribution in [0, 0.1) is 5.92 Å². The number of rotatable bonds is 8. The van der Waals surface area contributed by atoms with Crippen molar-refractivity contribution in [3.63, 3.8) is 0 Å². The van der Waals surface area contributed by atoms with Crippen LogP contribution in [-0.2, 0) is 20.7 Å². The van der Waals surface area contributed by atoms with E-state index in [2.05, 4.69) is 0 Å². The van der Waals surface area contributed by atoms with Gasteiger partial charge < -0.3 is 23.7 Å². The number of Topliss-reactive ketones (excluding diaryl/α,β-unsaturated/α-hetero) is 1. The third kappa shape index (κ3) is 4.69. The van der Waals surface area contributed by atoms with E-state index < -0.39 is 23.5 Å². The summed E-state index contributed by atoms with van der Waals surface area (Å²) in [5, 5.41) is 0. The molecule has 1 aliphatic heterocycles. The Morgan fingerprint density at radius 1 is 1.06 bits per heavy atom. The third-order valence-corrected chi connectivity index (χ3v) is 5.08. The van der Waals surface area contributed by atoms with Gasteiger partial charge in [-0.2, -0.15) is 0 Å². The van der Waals surface area contributed by atoms with E-state index in [0.29, 0.717) is 34.1 Å². The highest BCUT2D eigenvalue weighted by molar-refractivity contribution is 6.10. The Balaban J connectivity index is 1.77. The average Bonchev–Trinajstić information content (AvgIpc) is 2.77. The molecule has 0 spiro atoms. The molecule has 3 rings (SSSR count). The number of benzene rings is 2. The molecule has 8 nitrogen and oxygen atoms in total. The van der Waals surface area contributed by atoms with Crippen molar-refractivity contribution in [3.05, 3.63) is 47.5 Å². The van der Waals surface area contributed by atoms with Crippen LogP contribution in [0.2, 0.25) is 0 Å². The zero-order valence-corrected chi connectivity index (χ0v) is 18.7. The van der Waals surface area contributed by atoms with Crippen molar-refractivity contribution in [1.82, 2.24) is 0 Å². The quantitative estimate of drug-likeness (QED) is 0.266. The van der Waals surface area contributed by atoms with Crippen LogP contribution in [0.25, 0.3) is 0 Å². The normalized spacial score (nSPS) is 15.3. The van der Waals surface area contributed by atoms with Crippen molar-refractivity contribution in [2.24, 2.45) is 5.92 Å². The van der Waals surface area contributed by atoms with E-state index in [1.165, 1.54) is 14.2 Å². The molecule has 0 radical (unpaired) electrons. The van der Waals surface area contributed by atoms with E-state index in [0.717, 1.165) is 0 Å². The maximum Gasteiger partial charge on any atom is 0.349 e. The fraction of sp³-hybridized carbons (Fsp3) is 0.375. The number of carbonyl (C=O) groups is 3. The molecule has 0 N–H and O–H groups in total. The fourth-order valence-corrected chi connectivity index (χ4v) is 3.37. The smallest absolute Gasteiger partial charge is 0.349 e. The summed E-state index contributed by atoms with van der Waals surface area (Å²) in [6.07, 6.45) is 0.182. The minimum Gasteiger partial charge on any atom is -0.493 e. The van der Waals surface area contributed by atoms with Crippen molar-refractivity contribution < 1.29 is 38.1 Å². The van der Waals surface area contributed by atoms with E-state index >= 15 is 0 Å². The van der Waals surface area contributed by atoms with Gasteiger partial charge in [0.1, 0.15) is 17.4 Å². The summed E-state index contributed by atoms with van der Waals surface area (Å²) < 4.78 is 26.6. The second kappa shape index (κ2) is 9.30. The predicted octanol–water partition coefficient (Wildman–Crippen LogP) is 3.38. The van der Waals surface area contributed by atoms with E-state index in [4.69, 9.17) is 23.7 Å². The molecule has 0 aromatic heterocycles. The number of fused-ring (bicyclic) bond motifs is 1. The molecule has 8 heteroatoms. The van der Waals surface area contributed by atoms with Gasteiger partial charge in [-0.25, -0.2) is 4.79 Å². The Hall–Kier alpha value is -3.55. The number of ketones is 1. The predicted molar refractivity (Wildman–Crippen MR) is 114 cm³/mol. The van der Waals surface area contributed by atoms with Gasteiger partial charge in [0.05, 0.1) is 20.8 Å². The Bertz CT molecular complexity index is 1020. The van der Waals surface area contributed by atoms with Crippen molar-refractivity contribution >= 4 is 17.7 Å². The summed E-state index contributed by atoms with van der Waals surface area (Å²) in [4.78, 5) is 37.5. The second-order valence-corrected chi connectivity index (χ2v) is 7.71. The van der Waals surface area contributed by atoms with Crippen LogP contribution in [-0.4, -0.2) is 44.1 Å². The van der Waals surface area contributed by atoms with Crippen LogP contribution in [0.1, 0.15) is 36.7 Å². The van der Waals surface area contributed by atoms with E-state index in [9.17, 15) is 14.4 Å². The molecule has 1 heterocycles. The summed E-state index contributed by atoms with van der Waals surface area (Å²) >= 11 is 0. The molecule has 0 saturated carbocycles. The topological polar surface area (TPSA) is 97.4 Å². The molecular formula is C24H26O8. The third-order valence-electron chi connectivity index (χ3n) is 5.08. The van der Waals surface area contributed by atoms with Gasteiger partial charge in [-0.3, -0.25) is 9.59 Å². The van der Waals surface area contributed by atoms with Gasteiger partial charge in [-0.05, 0) is 57.5 Å². The van der Waals surface area contributed by atoms with Crippen molar-refractivity contribution in [2.45, 2.75) is 32.8 Å². The van der Waals surface area contributed by atoms with Crippen molar-refractivity contribution in [2.75, 3.05) is 20.8 Å². The maximum absolute atomic E-state index is 13.0. The van der Waals surface area contributed by atoms with Gasteiger partial charge in [0.25, 0.3) is 0 Å². The highest BCUT2D eigenvalue weighted by Crippen LogP contribution is 2.39. The highest BCUT2D eigenvalue weighted by atomic mass is 16.6. The van der Waals surface area contributed by atoms with Gasteiger partial charge in [0.2, 0.25) is 0 Å². The largest absolute Gasteiger partial charge is 0.493 e. The molecule has 1 unspecified atom stereocenters. The van der Waals surface area contributed by atoms with Crippen LogP contribution in [0.3, 0.4) is 0 Å². The molecule has 0 bridgehead atoms. The Morgan fingerprint density at radius 3 is 2.28 bits per heavy atom. The van der Waals surface area contributed by atoms with E-state index in [1.54, 1.807) is 57.2 Å². The number of hydrogen-bond donors (Lipinski definition) is 0. The van der Waals surface area contributed by atoms with Crippen LogP contribution in [0.5, 0.6) is 23.0 Å². The monoisotopic (exact) mass is 442 g/mol. The van der Waals surface area contributed by atoms with Gasteiger partial charge in [-0.1, -0.05) is 0 Å². The average molecular weight is 442 g/mol. The standard InChI is InChI=1S/C24H26O8/c1-6-30-23(27)24(2,3)32-16-9-7-14(8-10-16)21(25)17-11-15-12-19(28-4)20(29-5)13-18(15)31-22(17)26/h7-10,12-13,17H,6,11H2,1-5H3. The van der Waals surface area contributed by atoms with Crippen LogP contribution < -0.4 is 18.9 Å². The fourth-order valence-electron chi connectivity index (χ4n) is 3.37. The SMILES string of the molecule is CCOC(=O)C(C)(C)Oc1ccc(C(=O)C2Cc3cc(OC)c(OC)cc3OC2=O)cc1. The zero-order chi connectivity index (χ0) is 23.5. The Morgan fingerprint density at radius 2 is 1.69 bits per heavy atom. The first-order valence-electron chi connectivity index (χ1n) is 10.2. The summed E-state index contributed by atoms with van der Waals surface area (Å²) in [5.41, 5.74) is -0.174. The van der Waals surface area contributed by atoms with E-state index in [1.807, 2.05) is 0 Å². The maximum atomic E-state index is 13.0. The second-order valence-electron chi connectivity index (χ2n) is 7.71. The molecule has 2 aromatic carbocycles. The molecule has 0 saturated heterocycles. The zero-order valence-electron chi connectivity index (χ0n) is 18.7. The van der Waals surface area contributed by atoms with Gasteiger partial charge in [0, 0.05) is 17.2 Å². The number of ether oxygens (including phenoxy) is 5. The van der Waals surface area contributed by atoms with Crippen molar-refractivity contribution in [1.29, 1.82) is 0 Å². The lowest BCUT2D eigenvalue weighted by Crippen LogP contribution is -2.39. The number of methoxy groups -OCH3 is 2. The number of esters is 2. The molecule has 0 aliphatic carbocycles. The molecule has 1 atom stereocenters. The Kier molecular flexibility index (Phi) is 6.72. The van der Waals surface area contributed by atoms with Gasteiger partial charge in [0.15, 0.2) is 22.9 Å². The Labute approximate surface area is 186 Å². The summed E-state index contributed by atoms with van der Waals surface area (Å²) in [6, 6.07) is 9.53. The molecule has 32 heavy (non-hydrogen) atoms. The molecule has 0 fully saturated rings. The molecule has 0 amide bonds. The lowest BCUT2D eigenvalue weighted by molar-refractivity contribution is -0.158. The summed E-state index contributed by atoms with van der Waals surface area (Å²) in [7, 11) is 3.00. The van der Waals surface area contributed by atoms with Crippen LogP contribution >= 0.6 is 0 Å². The number of hydrogen-bond acceptors (Lipinski definition) is 8. The lowest BCUT2D eigenvalue weighted by atomic mass is 9.89. The van der Waals surface area contributed by atoms with Gasteiger partial charge >= 0.3 is 11.9 Å². The molecule has 2 aromatic rings. The first-order valence-corrected chi connectivity index (χ1v) is 10.2. The minimum atomic E-state index is -1.18. The van der Waals surface area contributed by atoms with Crippen molar-refractivity contribution in [3.8, 4) is 23.0 Å². The summed E-state index contributed by atoms with van der Waals surface area (Å²) in [6.45, 7) is 5.17. The highest BCUT2D eigenvalue weighted by Gasteiger charge is 2.36. The van der Waals surface area contributed by atoms with E-state index in [-0.39, 0.29) is 18.8 Å². The number of carbonyl (C=O) groups excluding carboxylic acids is 3. The van der Waals surface area contributed by atoms with Crippen LogP contribution in [0.4, 0.5) is 0 Å². The molecular weight excluding hydrogens is 416 g/mol. The first kappa shape index (κ1) is 23.1. The minimum absolute atomic E-state index is 0.182. The molecule has 170 valence electrons. The summed E-state index contributed by atoms with van der Waals surface area (Å²) in [5.74, 6) is -0.801. The molecule has 1 aliphatic rings.